The number of hydrogen-bond acceptors (Lipinski definition) is 8. The standard InChI is InChI=1S/C30H31ClN6O3/c1-19-12-27-24(14-26(19)36-29(38)6-5-11-37(2)3)30(20(15-32)16-34-27)35-21-8-10-28(25(31)13-21)40-18-22-7-9-23(39-4)17-33-22/h7-10,12-14,16-17H,5-6,11,18H2,1-4H3,(H,34,35)(H,36,38). The summed E-state index contributed by atoms with van der Waals surface area (Å²) in [6, 6.07) is 14.9. The van der Waals surface area contributed by atoms with Gasteiger partial charge in [-0.3, -0.25) is 14.8 Å². The molecule has 0 fully saturated rings. The molecule has 9 nitrogen and oxygen atoms in total. The van der Waals surface area contributed by atoms with E-state index in [1.807, 2.05) is 56.3 Å². The van der Waals surface area contributed by atoms with Crippen molar-refractivity contribution < 1.29 is 14.3 Å². The number of ether oxygens (including phenoxy) is 2. The summed E-state index contributed by atoms with van der Waals surface area (Å²) < 4.78 is 11.0. The summed E-state index contributed by atoms with van der Waals surface area (Å²) in [5.74, 6) is 1.11. The van der Waals surface area contributed by atoms with E-state index in [4.69, 9.17) is 21.1 Å². The van der Waals surface area contributed by atoms with E-state index < -0.39 is 0 Å². The Balaban J connectivity index is 1.55. The van der Waals surface area contributed by atoms with Crippen LogP contribution in [-0.4, -0.2) is 48.5 Å². The van der Waals surface area contributed by atoms with Gasteiger partial charge in [-0.25, -0.2) is 0 Å². The summed E-state index contributed by atoms with van der Waals surface area (Å²) >= 11 is 6.53. The van der Waals surface area contributed by atoms with Gasteiger partial charge in [0.2, 0.25) is 5.91 Å². The number of halogens is 1. The highest BCUT2D eigenvalue weighted by molar-refractivity contribution is 6.32. The summed E-state index contributed by atoms with van der Waals surface area (Å²) in [6.07, 6.45) is 4.33. The van der Waals surface area contributed by atoms with Crippen LogP contribution in [0.4, 0.5) is 17.1 Å². The number of methoxy groups -OCH3 is 1. The van der Waals surface area contributed by atoms with Crippen LogP contribution in [0.1, 0.15) is 29.7 Å². The minimum atomic E-state index is -0.0598. The van der Waals surface area contributed by atoms with Gasteiger partial charge in [0.15, 0.2) is 0 Å². The van der Waals surface area contributed by atoms with Crippen LogP contribution in [0.3, 0.4) is 0 Å². The summed E-state index contributed by atoms with van der Waals surface area (Å²) in [5.41, 5.74) is 4.59. The van der Waals surface area contributed by atoms with Crippen molar-refractivity contribution in [2.24, 2.45) is 0 Å². The first kappa shape index (κ1) is 28.6. The molecular formula is C30H31ClN6O3. The number of carbonyl (C=O) groups is 1. The minimum absolute atomic E-state index is 0.0598. The van der Waals surface area contributed by atoms with Crippen molar-refractivity contribution in [3.8, 4) is 17.6 Å². The van der Waals surface area contributed by atoms with E-state index in [0.29, 0.717) is 56.5 Å². The summed E-state index contributed by atoms with van der Waals surface area (Å²) in [6.45, 7) is 2.99. The Morgan fingerprint density at radius 1 is 1.12 bits per heavy atom. The molecule has 2 heterocycles. The number of aryl methyl sites for hydroxylation is 1. The van der Waals surface area contributed by atoms with E-state index >= 15 is 0 Å². The molecule has 0 radical (unpaired) electrons. The third-order valence-corrected chi connectivity index (χ3v) is 6.52. The first-order chi connectivity index (χ1) is 19.3. The van der Waals surface area contributed by atoms with E-state index in [1.165, 1.54) is 6.20 Å². The number of hydrogen-bond donors (Lipinski definition) is 2. The molecule has 0 aliphatic carbocycles. The molecule has 0 aliphatic rings. The smallest absolute Gasteiger partial charge is 0.224 e. The Labute approximate surface area is 238 Å². The number of carbonyl (C=O) groups excluding carboxylic acids is 1. The normalized spacial score (nSPS) is 10.8. The molecule has 0 saturated heterocycles. The maximum atomic E-state index is 12.6. The lowest BCUT2D eigenvalue weighted by Gasteiger charge is -2.16. The van der Waals surface area contributed by atoms with Crippen LogP contribution in [0.5, 0.6) is 11.5 Å². The molecule has 2 N–H and O–H groups in total. The molecule has 206 valence electrons. The molecular weight excluding hydrogens is 528 g/mol. The number of nitrogens with zero attached hydrogens (tertiary/aromatic N) is 4. The summed E-state index contributed by atoms with van der Waals surface area (Å²) in [4.78, 5) is 23.4. The van der Waals surface area contributed by atoms with Crippen LogP contribution >= 0.6 is 11.6 Å². The number of pyridine rings is 2. The van der Waals surface area contributed by atoms with E-state index in [0.717, 1.165) is 24.2 Å². The largest absolute Gasteiger partial charge is 0.495 e. The Hall–Kier alpha value is -4.39. The van der Waals surface area contributed by atoms with E-state index in [2.05, 4.69) is 26.7 Å². The van der Waals surface area contributed by atoms with Gasteiger partial charge in [-0.1, -0.05) is 11.6 Å². The molecule has 4 rings (SSSR count). The van der Waals surface area contributed by atoms with Crippen LogP contribution in [0.25, 0.3) is 10.9 Å². The molecule has 1 amide bonds. The molecule has 0 bridgehead atoms. The fourth-order valence-corrected chi connectivity index (χ4v) is 4.31. The molecule has 4 aromatic rings. The molecule has 0 saturated carbocycles. The second-order valence-corrected chi connectivity index (χ2v) is 9.95. The second-order valence-electron chi connectivity index (χ2n) is 9.55. The maximum Gasteiger partial charge on any atom is 0.224 e. The van der Waals surface area contributed by atoms with E-state index in [-0.39, 0.29) is 12.5 Å². The molecule has 0 unspecified atom stereocenters. The molecule has 0 aliphatic heterocycles. The summed E-state index contributed by atoms with van der Waals surface area (Å²) in [5, 5.41) is 17.2. The van der Waals surface area contributed by atoms with Crippen LogP contribution in [0.2, 0.25) is 5.02 Å². The molecule has 2 aromatic heterocycles. The second kappa shape index (κ2) is 13.1. The number of nitrogens with one attached hydrogen (secondary N) is 2. The number of fused-ring (bicyclic) bond motifs is 1. The van der Waals surface area contributed by atoms with Crippen molar-refractivity contribution in [1.82, 2.24) is 14.9 Å². The minimum Gasteiger partial charge on any atom is -0.495 e. The number of rotatable bonds is 11. The van der Waals surface area contributed by atoms with Gasteiger partial charge in [-0.15, -0.1) is 0 Å². The van der Waals surface area contributed by atoms with Crippen LogP contribution in [-0.2, 0) is 11.4 Å². The Bertz CT molecular complexity index is 1550. The quantitative estimate of drug-likeness (QED) is 0.228. The SMILES string of the molecule is COc1ccc(COc2ccc(Nc3c(C#N)cnc4cc(C)c(NC(=O)CCCN(C)C)cc34)cc2Cl)nc1. The first-order valence-electron chi connectivity index (χ1n) is 12.7. The number of aromatic nitrogens is 2. The number of nitriles is 1. The van der Waals surface area contributed by atoms with Gasteiger partial charge in [0, 0.05) is 29.4 Å². The highest BCUT2D eigenvalue weighted by Gasteiger charge is 2.14. The van der Waals surface area contributed by atoms with Crippen molar-refractivity contribution in [3.05, 3.63) is 76.7 Å². The first-order valence-corrected chi connectivity index (χ1v) is 13.1. The zero-order chi connectivity index (χ0) is 28.6. The van der Waals surface area contributed by atoms with Gasteiger partial charge >= 0.3 is 0 Å². The van der Waals surface area contributed by atoms with Gasteiger partial charge < -0.3 is 25.0 Å². The zero-order valence-corrected chi connectivity index (χ0v) is 23.7. The van der Waals surface area contributed by atoms with Gasteiger partial charge in [-0.05, 0) is 82.0 Å². The third-order valence-electron chi connectivity index (χ3n) is 6.23. The zero-order valence-electron chi connectivity index (χ0n) is 22.9. The van der Waals surface area contributed by atoms with E-state index in [1.54, 1.807) is 25.4 Å². The van der Waals surface area contributed by atoms with Gasteiger partial charge in [-0.2, -0.15) is 5.26 Å². The number of amides is 1. The lowest BCUT2D eigenvalue weighted by atomic mass is 10.0. The van der Waals surface area contributed by atoms with Crippen molar-refractivity contribution in [3.63, 3.8) is 0 Å². The molecule has 40 heavy (non-hydrogen) atoms. The molecule has 0 atom stereocenters. The Morgan fingerprint density at radius 3 is 2.62 bits per heavy atom. The fourth-order valence-electron chi connectivity index (χ4n) is 4.07. The number of benzene rings is 2. The molecule has 2 aromatic carbocycles. The van der Waals surface area contributed by atoms with E-state index in [9.17, 15) is 10.1 Å². The van der Waals surface area contributed by atoms with Gasteiger partial charge in [0.1, 0.15) is 24.2 Å². The monoisotopic (exact) mass is 558 g/mol. The van der Waals surface area contributed by atoms with Gasteiger partial charge in [0.05, 0.1) is 40.8 Å². The predicted molar refractivity (Wildman–Crippen MR) is 157 cm³/mol. The van der Waals surface area contributed by atoms with Crippen molar-refractivity contribution in [2.45, 2.75) is 26.4 Å². The highest BCUT2D eigenvalue weighted by Crippen LogP contribution is 2.35. The van der Waals surface area contributed by atoms with Crippen molar-refractivity contribution in [2.75, 3.05) is 38.4 Å². The van der Waals surface area contributed by atoms with Gasteiger partial charge in [0.25, 0.3) is 0 Å². The topological polar surface area (TPSA) is 112 Å². The predicted octanol–water partition coefficient (Wildman–Crippen LogP) is 6.07. The Morgan fingerprint density at radius 2 is 1.95 bits per heavy atom. The van der Waals surface area contributed by atoms with Crippen LogP contribution in [0, 0.1) is 18.3 Å². The van der Waals surface area contributed by atoms with Crippen molar-refractivity contribution >= 4 is 45.5 Å². The molecule has 10 heteroatoms. The average molecular weight is 559 g/mol. The lowest BCUT2D eigenvalue weighted by Crippen LogP contribution is -2.17. The number of anilines is 3. The van der Waals surface area contributed by atoms with Crippen LogP contribution < -0.4 is 20.1 Å². The summed E-state index contributed by atoms with van der Waals surface area (Å²) in [7, 11) is 5.55. The highest BCUT2D eigenvalue weighted by atomic mass is 35.5. The maximum absolute atomic E-state index is 12.6. The van der Waals surface area contributed by atoms with Crippen LogP contribution in [0.15, 0.2) is 54.9 Å². The van der Waals surface area contributed by atoms with Crippen molar-refractivity contribution in [1.29, 1.82) is 5.26 Å². The lowest BCUT2D eigenvalue weighted by molar-refractivity contribution is -0.116. The third kappa shape index (κ3) is 7.17. The fraction of sp³-hybridized carbons (Fsp3) is 0.267. The molecule has 0 spiro atoms. The Kier molecular flexibility index (Phi) is 9.38. The average Bonchev–Trinajstić information content (AvgIpc) is 2.93.